The third-order valence-corrected chi connectivity index (χ3v) is 4.80. The summed E-state index contributed by atoms with van der Waals surface area (Å²) in [6, 6.07) is 15.4. The summed E-state index contributed by atoms with van der Waals surface area (Å²) in [5.74, 6) is -0.503. The van der Waals surface area contributed by atoms with Gasteiger partial charge in [0.1, 0.15) is 5.82 Å². The number of hydrogen-bond acceptors (Lipinski definition) is 5. The molecule has 5 nitrogen and oxygen atoms in total. The average Bonchev–Trinajstić information content (AvgIpc) is 2.86. The highest BCUT2D eigenvalue weighted by Gasteiger charge is 2.22. The van der Waals surface area contributed by atoms with E-state index in [0.29, 0.717) is 24.5 Å². The van der Waals surface area contributed by atoms with Crippen molar-refractivity contribution in [2.75, 3.05) is 25.0 Å². The Morgan fingerprint density at radius 1 is 0.966 bits per heavy atom. The zero-order valence-electron chi connectivity index (χ0n) is 15.7. The molecule has 0 radical (unpaired) electrons. The Morgan fingerprint density at radius 2 is 1.79 bits per heavy atom. The second-order valence-electron chi connectivity index (χ2n) is 6.82. The number of benzene rings is 2. The fourth-order valence-corrected chi connectivity index (χ4v) is 3.44. The molecule has 8 heteroatoms. The summed E-state index contributed by atoms with van der Waals surface area (Å²) in [4.78, 5) is 4.14. The molecule has 0 bridgehead atoms. The molecule has 4 rings (SSSR count). The molecule has 1 aliphatic heterocycles. The van der Waals surface area contributed by atoms with Crippen LogP contribution in [0.2, 0.25) is 0 Å². The van der Waals surface area contributed by atoms with Gasteiger partial charge in [0.05, 0.1) is 11.4 Å². The van der Waals surface area contributed by atoms with Gasteiger partial charge in [0.15, 0.2) is 0 Å². The monoisotopic (exact) mass is 400 g/mol. The van der Waals surface area contributed by atoms with Gasteiger partial charge in [-0.1, -0.05) is 18.2 Å². The lowest BCUT2D eigenvalue weighted by molar-refractivity contribution is -0.0534. The number of halogens is 3. The van der Waals surface area contributed by atoms with E-state index < -0.39 is 6.61 Å². The number of likely N-dealkylation sites (N-methyl/N-ethyl adjacent to an activating group) is 1. The molecule has 1 aliphatic rings. The predicted octanol–water partition coefficient (Wildman–Crippen LogP) is 4.47. The number of nitrogens with zero attached hydrogens (tertiary/aromatic N) is 4. The van der Waals surface area contributed by atoms with E-state index in [-0.39, 0.29) is 11.7 Å². The van der Waals surface area contributed by atoms with Crippen molar-refractivity contribution in [3.8, 4) is 17.1 Å². The molecule has 2 heterocycles. The highest BCUT2D eigenvalue weighted by atomic mass is 19.3. The Morgan fingerprint density at radius 3 is 2.52 bits per heavy atom. The maximum absolute atomic E-state index is 14.4. The van der Waals surface area contributed by atoms with Crippen LogP contribution in [0.3, 0.4) is 0 Å². The van der Waals surface area contributed by atoms with Crippen molar-refractivity contribution in [3.05, 3.63) is 66.0 Å². The summed E-state index contributed by atoms with van der Waals surface area (Å²) < 4.78 is 43.2. The van der Waals surface area contributed by atoms with E-state index in [0.717, 1.165) is 23.4 Å². The summed E-state index contributed by atoms with van der Waals surface area (Å²) in [6.07, 6.45) is 0. The van der Waals surface area contributed by atoms with Gasteiger partial charge in [-0.2, -0.15) is 8.78 Å². The van der Waals surface area contributed by atoms with Crippen LogP contribution < -0.4 is 9.64 Å². The molecule has 0 aliphatic carbocycles. The van der Waals surface area contributed by atoms with Crippen LogP contribution in [0.25, 0.3) is 11.3 Å². The molecule has 150 valence electrons. The number of ether oxygens (including phenoxy) is 1. The second kappa shape index (κ2) is 8.08. The van der Waals surface area contributed by atoms with Gasteiger partial charge in [-0.05, 0) is 42.9 Å². The van der Waals surface area contributed by atoms with Gasteiger partial charge in [-0.25, -0.2) is 4.39 Å². The Balaban J connectivity index is 1.70. The SMILES string of the molecule is CN1CCN(c2ccccc2F)c2ccc(-c3ccc(OC(F)F)nn3)cc2C1. The van der Waals surface area contributed by atoms with Gasteiger partial charge in [0, 0.05) is 37.0 Å². The third-order valence-electron chi connectivity index (χ3n) is 4.80. The molecule has 1 aromatic heterocycles. The first-order chi connectivity index (χ1) is 14.0. The molecule has 0 atom stereocenters. The fraction of sp³-hybridized carbons (Fsp3) is 0.238. The Labute approximate surface area is 166 Å². The lowest BCUT2D eigenvalue weighted by Crippen LogP contribution is -2.26. The van der Waals surface area contributed by atoms with Crippen LogP contribution in [0, 0.1) is 5.82 Å². The molecule has 2 aromatic carbocycles. The smallest absolute Gasteiger partial charge is 0.388 e. The average molecular weight is 400 g/mol. The minimum atomic E-state index is -2.94. The summed E-state index contributed by atoms with van der Waals surface area (Å²) >= 11 is 0. The lowest BCUT2D eigenvalue weighted by Gasteiger charge is -2.25. The molecule has 0 saturated heterocycles. The van der Waals surface area contributed by atoms with E-state index in [1.165, 1.54) is 12.1 Å². The fourth-order valence-electron chi connectivity index (χ4n) is 3.44. The van der Waals surface area contributed by atoms with Crippen molar-refractivity contribution < 1.29 is 17.9 Å². The van der Waals surface area contributed by atoms with Gasteiger partial charge in [-0.15, -0.1) is 10.2 Å². The van der Waals surface area contributed by atoms with Crippen molar-refractivity contribution in [3.63, 3.8) is 0 Å². The quantitative estimate of drug-likeness (QED) is 0.647. The second-order valence-corrected chi connectivity index (χ2v) is 6.82. The van der Waals surface area contributed by atoms with E-state index >= 15 is 0 Å². The molecule has 0 N–H and O–H groups in total. The van der Waals surface area contributed by atoms with Gasteiger partial charge >= 0.3 is 6.61 Å². The number of anilines is 2. The maximum atomic E-state index is 14.4. The van der Waals surface area contributed by atoms with Crippen molar-refractivity contribution in [1.29, 1.82) is 0 Å². The van der Waals surface area contributed by atoms with Crippen LogP contribution in [0.5, 0.6) is 5.88 Å². The van der Waals surface area contributed by atoms with E-state index in [9.17, 15) is 13.2 Å². The molecule has 29 heavy (non-hydrogen) atoms. The van der Waals surface area contributed by atoms with Gasteiger partial charge in [-0.3, -0.25) is 0 Å². The molecule has 0 fully saturated rings. The lowest BCUT2D eigenvalue weighted by atomic mass is 10.0. The molecular weight excluding hydrogens is 381 g/mol. The van der Waals surface area contributed by atoms with E-state index in [2.05, 4.69) is 19.8 Å². The van der Waals surface area contributed by atoms with Crippen LogP contribution in [-0.2, 0) is 6.54 Å². The molecule has 0 saturated carbocycles. The Bertz CT molecular complexity index is 997. The zero-order valence-corrected chi connectivity index (χ0v) is 15.7. The standard InChI is InChI=1S/C21H19F3N4O/c1-27-10-11-28(19-5-3-2-4-16(19)22)18-8-6-14(12-15(18)13-27)17-7-9-20(26-25-17)29-21(23)24/h2-9,12,21H,10-11,13H2,1H3. The van der Waals surface area contributed by atoms with Crippen LogP contribution in [-0.4, -0.2) is 41.8 Å². The molecule has 3 aromatic rings. The van der Waals surface area contributed by atoms with E-state index in [1.807, 2.05) is 36.2 Å². The van der Waals surface area contributed by atoms with Crippen molar-refractivity contribution in [1.82, 2.24) is 15.1 Å². The first-order valence-corrected chi connectivity index (χ1v) is 9.14. The topological polar surface area (TPSA) is 41.5 Å². The number of hydrogen-bond donors (Lipinski definition) is 0. The summed E-state index contributed by atoms with van der Waals surface area (Å²) in [5.41, 5.74) is 3.81. The van der Waals surface area contributed by atoms with Gasteiger partial charge < -0.3 is 14.5 Å². The first kappa shape index (κ1) is 19.2. The van der Waals surface area contributed by atoms with Crippen LogP contribution in [0.4, 0.5) is 24.5 Å². The summed E-state index contributed by atoms with van der Waals surface area (Å²) in [7, 11) is 2.01. The number of rotatable bonds is 4. The van der Waals surface area contributed by atoms with E-state index in [1.54, 1.807) is 18.2 Å². The van der Waals surface area contributed by atoms with Crippen LogP contribution in [0.1, 0.15) is 5.56 Å². The predicted molar refractivity (Wildman–Crippen MR) is 104 cm³/mol. The van der Waals surface area contributed by atoms with Crippen LogP contribution >= 0.6 is 0 Å². The Kier molecular flexibility index (Phi) is 5.35. The van der Waals surface area contributed by atoms with Crippen molar-refractivity contribution >= 4 is 11.4 Å². The highest BCUT2D eigenvalue weighted by Crippen LogP contribution is 2.35. The number of para-hydroxylation sites is 1. The minimum absolute atomic E-state index is 0.232. The zero-order chi connectivity index (χ0) is 20.4. The normalized spacial score (nSPS) is 14.6. The maximum Gasteiger partial charge on any atom is 0.388 e. The highest BCUT2D eigenvalue weighted by molar-refractivity contribution is 5.72. The third kappa shape index (κ3) is 4.17. The molecule has 0 unspecified atom stereocenters. The van der Waals surface area contributed by atoms with Crippen LogP contribution in [0.15, 0.2) is 54.6 Å². The molecule has 0 amide bonds. The summed E-state index contributed by atoms with van der Waals surface area (Å²) in [5, 5.41) is 7.68. The van der Waals surface area contributed by atoms with Crippen molar-refractivity contribution in [2.45, 2.75) is 13.2 Å². The summed E-state index contributed by atoms with van der Waals surface area (Å²) in [6.45, 7) is -0.822. The number of fused-ring (bicyclic) bond motifs is 1. The van der Waals surface area contributed by atoms with Gasteiger partial charge in [0.2, 0.25) is 5.88 Å². The van der Waals surface area contributed by atoms with Gasteiger partial charge in [0.25, 0.3) is 0 Å². The van der Waals surface area contributed by atoms with Crippen molar-refractivity contribution in [2.24, 2.45) is 0 Å². The number of alkyl halides is 2. The first-order valence-electron chi connectivity index (χ1n) is 9.14. The number of aromatic nitrogens is 2. The minimum Gasteiger partial charge on any atom is -0.415 e. The molecular formula is C21H19F3N4O. The molecule has 0 spiro atoms. The van der Waals surface area contributed by atoms with E-state index in [4.69, 9.17) is 0 Å². The largest absolute Gasteiger partial charge is 0.415 e. The Hall–Kier alpha value is -3.13.